The first-order chi connectivity index (χ1) is 10.0. The zero-order chi connectivity index (χ0) is 15.9. The summed E-state index contributed by atoms with van der Waals surface area (Å²) in [5.41, 5.74) is -0.728. The van der Waals surface area contributed by atoms with Crippen molar-refractivity contribution in [1.29, 1.82) is 0 Å². The van der Waals surface area contributed by atoms with Gasteiger partial charge in [0.2, 0.25) is 0 Å². The Labute approximate surface area is 127 Å². The summed E-state index contributed by atoms with van der Waals surface area (Å²) in [6, 6.07) is 0. The van der Waals surface area contributed by atoms with Gasteiger partial charge < -0.3 is 23.3 Å². The average Bonchev–Trinajstić information content (AvgIpc) is 2.50. The van der Waals surface area contributed by atoms with E-state index in [4.69, 9.17) is 18.5 Å². The minimum Gasteiger partial charge on any atom is -0.350 e. The molecular weight excluding hydrogens is 295 g/mol. The molecular formula is C14H27O6P. The van der Waals surface area contributed by atoms with Gasteiger partial charge in [0, 0.05) is 40.3 Å². The van der Waals surface area contributed by atoms with Crippen molar-refractivity contribution >= 4 is 13.9 Å². The third-order valence-electron chi connectivity index (χ3n) is 4.10. The standard InChI is InChI=1S/C14H27O6P/c1-5-19-14(20-6-2)9-7-12(8-10-14)13(11-15)21(16,17-3)18-4/h11-13H,5-10H2,1-4H3/t13-/m1/s1. The number of hydrogen-bond donors (Lipinski definition) is 0. The van der Waals surface area contributed by atoms with Crippen molar-refractivity contribution in [2.45, 2.75) is 51.0 Å². The predicted molar refractivity (Wildman–Crippen MR) is 79.4 cm³/mol. The van der Waals surface area contributed by atoms with E-state index in [1.807, 2.05) is 13.8 Å². The lowest BCUT2D eigenvalue weighted by Gasteiger charge is -2.41. The Hall–Kier alpha value is -0.260. The largest absolute Gasteiger partial charge is 0.350 e. The first-order valence-electron chi connectivity index (χ1n) is 7.45. The molecule has 0 amide bonds. The van der Waals surface area contributed by atoms with E-state index < -0.39 is 19.0 Å². The van der Waals surface area contributed by atoms with E-state index in [9.17, 15) is 9.36 Å². The zero-order valence-corrected chi connectivity index (χ0v) is 14.3. The van der Waals surface area contributed by atoms with Gasteiger partial charge in [-0.1, -0.05) is 0 Å². The van der Waals surface area contributed by atoms with Gasteiger partial charge in [-0.3, -0.25) is 4.57 Å². The van der Waals surface area contributed by atoms with Crippen LogP contribution < -0.4 is 0 Å². The Kier molecular flexibility index (Phi) is 7.51. The lowest BCUT2D eigenvalue weighted by atomic mass is 9.83. The zero-order valence-electron chi connectivity index (χ0n) is 13.4. The lowest BCUT2D eigenvalue weighted by Crippen LogP contribution is -2.42. The number of carbonyl (C=O) groups excluding carboxylic acids is 1. The Morgan fingerprint density at radius 1 is 1.14 bits per heavy atom. The van der Waals surface area contributed by atoms with Crippen LogP contribution in [-0.4, -0.2) is 45.2 Å². The van der Waals surface area contributed by atoms with Crippen LogP contribution in [0.15, 0.2) is 0 Å². The van der Waals surface area contributed by atoms with Gasteiger partial charge in [-0.25, -0.2) is 0 Å². The van der Waals surface area contributed by atoms with Crippen LogP contribution in [0, 0.1) is 5.92 Å². The fraction of sp³-hybridized carbons (Fsp3) is 0.929. The molecule has 1 atom stereocenters. The van der Waals surface area contributed by atoms with Gasteiger partial charge in [0.05, 0.1) is 0 Å². The van der Waals surface area contributed by atoms with E-state index in [0.29, 0.717) is 45.2 Å². The topological polar surface area (TPSA) is 71.1 Å². The summed E-state index contributed by atoms with van der Waals surface area (Å²) in [6.07, 6.45) is 3.45. The van der Waals surface area contributed by atoms with Gasteiger partial charge in [-0.15, -0.1) is 0 Å². The molecule has 0 radical (unpaired) electrons. The molecule has 0 spiro atoms. The number of hydrogen-bond acceptors (Lipinski definition) is 6. The fourth-order valence-electron chi connectivity index (χ4n) is 3.04. The third kappa shape index (κ3) is 4.36. The number of carbonyl (C=O) groups is 1. The molecule has 1 aliphatic carbocycles. The van der Waals surface area contributed by atoms with Gasteiger partial charge in [-0.05, 0) is 32.6 Å². The molecule has 0 heterocycles. The van der Waals surface area contributed by atoms with Gasteiger partial charge in [0.15, 0.2) is 5.79 Å². The third-order valence-corrected chi connectivity index (χ3v) is 6.39. The summed E-state index contributed by atoms with van der Waals surface area (Å²) in [7, 11) is -0.754. The summed E-state index contributed by atoms with van der Waals surface area (Å²) in [5.74, 6) is -0.611. The molecule has 0 aromatic carbocycles. The Morgan fingerprint density at radius 2 is 1.62 bits per heavy atom. The van der Waals surface area contributed by atoms with Crippen LogP contribution >= 0.6 is 7.60 Å². The van der Waals surface area contributed by atoms with Crippen LogP contribution in [0.3, 0.4) is 0 Å². The molecule has 0 bridgehead atoms. The van der Waals surface area contributed by atoms with Crippen molar-refractivity contribution in [3.8, 4) is 0 Å². The van der Waals surface area contributed by atoms with E-state index in [0.717, 1.165) is 0 Å². The summed E-state index contributed by atoms with van der Waals surface area (Å²) in [5, 5.41) is 0. The Morgan fingerprint density at radius 3 is 1.95 bits per heavy atom. The molecule has 1 fully saturated rings. The molecule has 1 aliphatic rings. The molecule has 7 heteroatoms. The van der Waals surface area contributed by atoms with Crippen LogP contribution in [0.4, 0.5) is 0 Å². The van der Waals surface area contributed by atoms with Gasteiger partial charge >= 0.3 is 7.60 Å². The summed E-state index contributed by atoms with van der Waals surface area (Å²) in [6.45, 7) is 5.03. The Balaban J connectivity index is 2.77. The second-order valence-corrected chi connectivity index (χ2v) is 7.55. The maximum Gasteiger partial charge on any atom is 0.340 e. The summed E-state index contributed by atoms with van der Waals surface area (Å²) in [4.78, 5) is 11.4. The van der Waals surface area contributed by atoms with E-state index in [1.54, 1.807) is 0 Å². The smallest absolute Gasteiger partial charge is 0.340 e. The molecule has 0 unspecified atom stereocenters. The van der Waals surface area contributed by atoms with Crippen LogP contribution in [0.2, 0.25) is 0 Å². The van der Waals surface area contributed by atoms with E-state index >= 15 is 0 Å². The monoisotopic (exact) mass is 322 g/mol. The van der Waals surface area contributed by atoms with Gasteiger partial charge in [0.25, 0.3) is 0 Å². The van der Waals surface area contributed by atoms with Gasteiger partial charge in [-0.2, -0.15) is 0 Å². The molecule has 6 nitrogen and oxygen atoms in total. The molecule has 124 valence electrons. The van der Waals surface area contributed by atoms with E-state index in [2.05, 4.69) is 0 Å². The highest BCUT2D eigenvalue weighted by Crippen LogP contribution is 2.56. The van der Waals surface area contributed by atoms with E-state index in [1.165, 1.54) is 14.2 Å². The average molecular weight is 322 g/mol. The molecule has 0 N–H and O–H groups in total. The summed E-state index contributed by atoms with van der Waals surface area (Å²) < 4.78 is 34.0. The highest BCUT2D eigenvalue weighted by atomic mass is 31.2. The molecule has 0 saturated heterocycles. The van der Waals surface area contributed by atoms with Crippen molar-refractivity contribution in [2.75, 3.05) is 27.4 Å². The van der Waals surface area contributed by atoms with Crippen molar-refractivity contribution in [2.24, 2.45) is 5.92 Å². The molecule has 1 saturated carbocycles. The highest BCUT2D eigenvalue weighted by Gasteiger charge is 2.45. The maximum absolute atomic E-state index is 12.5. The molecule has 21 heavy (non-hydrogen) atoms. The molecule has 0 aliphatic heterocycles. The normalized spacial score (nSPS) is 21.1. The highest BCUT2D eigenvalue weighted by molar-refractivity contribution is 7.55. The molecule has 0 aromatic rings. The van der Waals surface area contributed by atoms with Crippen molar-refractivity contribution in [3.63, 3.8) is 0 Å². The summed E-state index contributed by atoms with van der Waals surface area (Å²) >= 11 is 0. The van der Waals surface area contributed by atoms with Crippen molar-refractivity contribution < 1.29 is 27.9 Å². The maximum atomic E-state index is 12.5. The fourth-order valence-corrected chi connectivity index (χ4v) is 4.64. The minimum atomic E-state index is -3.38. The van der Waals surface area contributed by atoms with E-state index in [-0.39, 0.29) is 5.92 Å². The second-order valence-electron chi connectivity index (χ2n) is 5.15. The first-order valence-corrected chi connectivity index (χ1v) is 9.06. The van der Waals surface area contributed by atoms with Crippen LogP contribution in [0.1, 0.15) is 39.5 Å². The number of aldehydes is 1. The van der Waals surface area contributed by atoms with Crippen molar-refractivity contribution in [1.82, 2.24) is 0 Å². The quantitative estimate of drug-likeness (QED) is 0.369. The van der Waals surface area contributed by atoms with Crippen LogP contribution in [-0.2, 0) is 27.9 Å². The minimum absolute atomic E-state index is 0.0396. The Bertz CT molecular complexity index is 348. The predicted octanol–water partition coefficient (Wildman–Crippen LogP) is 3.00. The second kappa shape index (κ2) is 8.39. The number of ether oxygens (including phenoxy) is 2. The van der Waals surface area contributed by atoms with Gasteiger partial charge in [0.1, 0.15) is 11.9 Å². The lowest BCUT2D eigenvalue weighted by molar-refractivity contribution is -0.252. The van der Waals surface area contributed by atoms with Crippen molar-refractivity contribution in [3.05, 3.63) is 0 Å². The number of rotatable bonds is 9. The van der Waals surface area contributed by atoms with Crippen LogP contribution in [0.5, 0.6) is 0 Å². The first kappa shape index (κ1) is 18.8. The SMILES string of the molecule is CCOC1(OCC)CCC([C@@H](C=O)P(=O)(OC)OC)CC1. The molecule has 0 aromatic heterocycles. The molecule has 1 rings (SSSR count). The van der Waals surface area contributed by atoms with Crippen LogP contribution in [0.25, 0.3) is 0 Å².